The van der Waals surface area contributed by atoms with Gasteiger partial charge < -0.3 is 64.7 Å². The Balaban J connectivity index is 0.000000718. The fourth-order valence-electron chi connectivity index (χ4n) is 9.81. The quantitative estimate of drug-likeness (QED) is 0.0681. The lowest BCUT2D eigenvalue weighted by molar-refractivity contribution is -0.113. The van der Waals surface area contributed by atoms with Crippen LogP contribution in [-0.2, 0) is 14.3 Å². The molecular formula is C107H162N22O6S3. The van der Waals surface area contributed by atoms with E-state index in [1.54, 1.807) is 183 Å². The molecule has 10 fully saturated rings. The van der Waals surface area contributed by atoms with Gasteiger partial charge in [-0.1, -0.05) is 226 Å². The molecule has 754 valence electrons. The van der Waals surface area contributed by atoms with Crippen LogP contribution >= 0.6 is 34.2 Å². The van der Waals surface area contributed by atoms with Gasteiger partial charge in [-0.3, -0.25) is 29.8 Å². The third-order valence-corrected chi connectivity index (χ3v) is 19.4. The molecule has 9 N–H and O–H groups in total. The Morgan fingerprint density at radius 3 is 1.03 bits per heavy atom. The van der Waals surface area contributed by atoms with E-state index in [0.717, 1.165) is 78.2 Å². The van der Waals surface area contributed by atoms with Crippen molar-refractivity contribution in [1.29, 1.82) is 0 Å². The first-order valence-corrected chi connectivity index (χ1v) is 51.6. The molecule has 12 aliphatic rings. The highest BCUT2D eigenvalue weighted by molar-refractivity contribution is 7.07. The van der Waals surface area contributed by atoms with Gasteiger partial charge in [0.15, 0.2) is 12.2 Å². The number of carbonyl (C=O) groups excluding carboxylic acids is 1. The number of nitrogens with one attached hydrogen (secondary N) is 9. The molecule has 138 heavy (non-hydrogen) atoms. The maximum absolute atomic E-state index is 10.3. The molecular weight excluding hydrogens is 1790 g/mol. The average Bonchev–Trinajstić information content (AvgIpc) is 1.84. The lowest BCUT2D eigenvalue weighted by Crippen LogP contribution is -2.39. The number of piperazine rings is 1. The van der Waals surface area contributed by atoms with E-state index < -0.39 is 0 Å². The van der Waals surface area contributed by atoms with E-state index in [1.165, 1.54) is 249 Å². The van der Waals surface area contributed by atoms with Crippen LogP contribution in [0.2, 0.25) is 0 Å². The summed E-state index contributed by atoms with van der Waals surface area (Å²) in [5.41, 5.74) is 1.79. The standard InChI is InChI=1S/C6H6O.C6H12.C6H6.C5H11N.C5H9N.C5H5N.C5H10.C4H10N2.3C4H4N2.C4H9NO.C4H9N.C4H5N.C4H8O.C4H4O.C4H4S.2C4H8.2C3H4N2.2C3H3NO.2C3H3NS.C3H6/c7-6-4-2-1-3-5-6;5*1-2-4-6-5-3-1;1-2-4-5-3-1;2*1-2-6-4-3-5-1;1-2-5-4-6-3-1;1-2-4-6-5-3-1;1-3-6-4-2-5-1;5*1-2-4-5-3-1;1-4-2-3-4;1-2-4-3-1;1-2-5-3-4-1;1-2-4-5-3-1;1-2-5-3-4-1;1-2-4-5-3-1;1-2-5-3-4-1;1-2-4-5-3-1;1-2-3-1/h1-4H,5H2;1-6H2;1-6H;6H,1-5H2;2,4,6H,1,3,5H2;1-5H;1-5H2;5-6H,1-4H2;3*1-4H;5H,1-4H2;5H,1-4H2;1-5H;1-4H2;2*1-4H;4H,2-3H2,1H3;1-4H2;2*1-3H,(H,4,5);4*1-3H;1-3H2. The van der Waals surface area contributed by atoms with Gasteiger partial charge in [-0.25, -0.2) is 24.3 Å². The predicted octanol–water partition coefficient (Wildman–Crippen LogP) is 23.8. The summed E-state index contributed by atoms with van der Waals surface area (Å²) < 4.78 is 27.1. The number of piperidine rings is 1. The molecule has 0 atom stereocenters. The summed E-state index contributed by atoms with van der Waals surface area (Å²) >= 11 is 4.78. The van der Waals surface area contributed by atoms with Crippen molar-refractivity contribution < 1.29 is 27.6 Å². The smallest absolute Gasteiger partial charge is 0.180 e. The van der Waals surface area contributed by atoms with Crippen molar-refractivity contribution in [2.24, 2.45) is 5.92 Å². The van der Waals surface area contributed by atoms with E-state index in [4.69, 9.17) is 9.47 Å². The second kappa shape index (κ2) is 118. The number of allylic oxidation sites excluding steroid dienone is 5. The van der Waals surface area contributed by atoms with Crippen molar-refractivity contribution in [2.45, 2.75) is 200 Å². The van der Waals surface area contributed by atoms with E-state index in [0.29, 0.717) is 6.42 Å². The number of furan rings is 1. The fraction of sp³-hybridized carbons (Fsp3) is 0.439. The molecule has 13 aromatic heterocycles. The van der Waals surface area contributed by atoms with Crippen LogP contribution in [0.3, 0.4) is 0 Å². The number of oxazole rings is 1. The molecule has 0 unspecified atom stereocenters. The first-order valence-electron chi connectivity index (χ1n) is 48.9. The Morgan fingerprint density at radius 1 is 0.341 bits per heavy atom. The van der Waals surface area contributed by atoms with Crippen molar-refractivity contribution in [1.82, 2.24) is 112 Å². The van der Waals surface area contributed by atoms with Crippen molar-refractivity contribution in [3.8, 4) is 0 Å². The molecule has 28 nitrogen and oxygen atoms in total. The van der Waals surface area contributed by atoms with Crippen LogP contribution in [0.15, 0.2) is 372 Å². The van der Waals surface area contributed by atoms with Gasteiger partial charge in [0.25, 0.3) is 0 Å². The summed E-state index contributed by atoms with van der Waals surface area (Å²) in [5.74, 6) is 1.28. The minimum absolute atomic E-state index is 0.197. The highest BCUT2D eigenvalue weighted by Gasteiger charge is 2.12. The van der Waals surface area contributed by atoms with Gasteiger partial charge in [-0.15, -0.1) is 11.3 Å². The van der Waals surface area contributed by atoms with E-state index in [1.807, 2.05) is 168 Å². The molecule has 6 aliphatic carbocycles. The Morgan fingerprint density at radius 2 is 0.862 bits per heavy atom. The second-order valence-corrected chi connectivity index (χ2v) is 32.3. The zero-order valence-corrected chi connectivity index (χ0v) is 84.4. The molecule has 26 rings (SSSR count). The zero-order chi connectivity index (χ0) is 97.9. The Kier molecular flexibility index (Phi) is 106. The highest BCUT2D eigenvalue weighted by Crippen LogP contribution is 2.26. The zero-order valence-electron chi connectivity index (χ0n) is 81.9. The molecule has 31 heteroatoms. The van der Waals surface area contributed by atoms with Crippen LogP contribution in [0, 0.1) is 5.92 Å². The van der Waals surface area contributed by atoms with Gasteiger partial charge in [-0.05, 0) is 191 Å². The number of H-pyrrole nitrogens is 3. The summed E-state index contributed by atoms with van der Waals surface area (Å²) in [6.07, 6.45) is 98.8. The lowest BCUT2D eigenvalue weighted by Gasteiger charge is -2.11. The molecule has 19 heterocycles. The van der Waals surface area contributed by atoms with Gasteiger partial charge in [0.2, 0.25) is 0 Å². The Bertz CT molecular complexity index is 3170. The first-order chi connectivity index (χ1) is 68.8. The summed E-state index contributed by atoms with van der Waals surface area (Å²) in [6.45, 7) is 18.8. The van der Waals surface area contributed by atoms with E-state index >= 15 is 0 Å². The maximum atomic E-state index is 10.3. The number of aromatic nitrogens is 16. The first kappa shape index (κ1) is 124. The molecule has 14 aromatic rings. The second-order valence-electron chi connectivity index (χ2n) is 30.1. The summed E-state index contributed by atoms with van der Waals surface area (Å²) in [5, 5.41) is 43.8. The average molecular weight is 1950 g/mol. The number of thiophene rings is 1. The van der Waals surface area contributed by atoms with Crippen LogP contribution in [0.25, 0.3) is 0 Å². The van der Waals surface area contributed by atoms with Crippen molar-refractivity contribution >= 4 is 40.0 Å². The molecule has 5 saturated heterocycles. The Hall–Kier alpha value is -11.6. The van der Waals surface area contributed by atoms with Crippen LogP contribution in [0.1, 0.15) is 200 Å². The van der Waals surface area contributed by atoms with Gasteiger partial charge in [-0.2, -0.15) is 26.6 Å². The summed E-state index contributed by atoms with van der Waals surface area (Å²) in [4.78, 5) is 45.5. The maximum Gasteiger partial charge on any atom is 0.180 e. The molecule has 6 aliphatic heterocycles. The third-order valence-electron chi connectivity index (χ3n) is 17.8. The van der Waals surface area contributed by atoms with Gasteiger partial charge in [0, 0.05) is 188 Å². The number of hydrogen-bond acceptors (Lipinski definition) is 28. The topological polar surface area (TPSA) is 362 Å². The molecule has 1 aromatic carbocycles. The van der Waals surface area contributed by atoms with Gasteiger partial charge in [0.05, 0.1) is 50.0 Å². The molecule has 5 saturated carbocycles. The summed E-state index contributed by atoms with van der Waals surface area (Å²) in [7, 11) is 0. The number of pyridine rings is 1. The van der Waals surface area contributed by atoms with Crippen LogP contribution < -0.4 is 31.9 Å². The van der Waals surface area contributed by atoms with Gasteiger partial charge >= 0.3 is 0 Å². The summed E-state index contributed by atoms with van der Waals surface area (Å²) in [6, 6.07) is 40.2. The van der Waals surface area contributed by atoms with E-state index in [-0.39, 0.29) is 5.78 Å². The number of carbonyl (C=O) groups is 1. The van der Waals surface area contributed by atoms with Crippen molar-refractivity contribution in [3.63, 3.8) is 0 Å². The van der Waals surface area contributed by atoms with E-state index in [9.17, 15) is 4.79 Å². The normalized spacial score (nSPS) is 14.9. The van der Waals surface area contributed by atoms with E-state index in [2.05, 4.69) is 138 Å². The number of benzene rings is 1. The number of ether oxygens (including phenoxy) is 2. The van der Waals surface area contributed by atoms with Crippen LogP contribution in [-0.4, -0.2) is 184 Å². The van der Waals surface area contributed by atoms with Crippen molar-refractivity contribution in [3.05, 3.63) is 359 Å². The van der Waals surface area contributed by atoms with Gasteiger partial charge in [0.1, 0.15) is 18.9 Å². The third kappa shape index (κ3) is 122. The lowest BCUT2D eigenvalue weighted by atomic mass is 10.0. The number of thiazole rings is 1. The monoisotopic (exact) mass is 1950 g/mol. The highest BCUT2D eigenvalue weighted by atomic mass is 32.1. The molecule has 0 bridgehead atoms. The van der Waals surface area contributed by atoms with Crippen LogP contribution in [0.4, 0.5) is 0 Å². The fourth-order valence-corrected chi connectivity index (χ4v) is 11.0. The number of nitrogens with zero attached hydrogens (tertiary/aromatic N) is 13. The molecule has 0 radical (unpaired) electrons. The van der Waals surface area contributed by atoms with Crippen molar-refractivity contribution in [2.75, 3.05) is 98.4 Å². The number of ketones is 1. The van der Waals surface area contributed by atoms with Crippen LogP contribution in [0.5, 0.6) is 0 Å². The molecule has 0 amide bonds. The SMILES string of the molecule is C1=CNCCC1.C1CC1.C1CCC1.C1CCCC1.C1CCCCC1.C1CCNC1.C1CCNCC1.C1CCOC1.C1CNCCN1.C1COCCN1.CC1CC1.O=C1C=CC=CC1.c1c[nH]cn1.c1cc[nH]c1.c1ccccc1.c1ccncc1.c1ccnnc1.c1ccoc1.c1ccsc1.c1cn[nH]c1.c1cnccn1.c1cncnc1.c1cnoc1.c1cnsc1.c1cocn1.c1cscn1. The number of hydrogen-bond donors (Lipinski definition) is 9. The Labute approximate surface area is 836 Å². The predicted molar refractivity (Wildman–Crippen MR) is 569 cm³/mol. The number of rotatable bonds is 0. The minimum atomic E-state index is 0.197. The minimum Gasteiger partial charge on any atom is -0.473 e. The number of aromatic amines is 3. The number of imidazole rings is 1. The largest absolute Gasteiger partial charge is 0.473 e. The molecule has 0 spiro atoms. The number of morpholine rings is 1.